The zero-order chi connectivity index (χ0) is 9.10. The van der Waals surface area contributed by atoms with E-state index in [1.54, 1.807) is 0 Å². The second-order valence-corrected chi connectivity index (χ2v) is 3.36. The van der Waals surface area contributed by atoms with Gasteiger partial charge in [0.2, 0.25) is 5.91 Å². The Kier molecular flexibility index (Phi) is 2.33. The highest BCUT2D eigenvalue weighted by Gasteiger charge is 2.22. The van der Waals surface area contributed by atoms with Crippen LogP contribution in [0.5, 0.6) is 0 Å². The zero-order valence-corrected chi connectivity index (χ0v) is 7.47. The van der Waals surface area contributed by atoms with Gasteiger partial charge >= 0.3 is 0 Å². The summed E-state index contributed by atoms with van der Waals surface area (Å²) in [5.41, 5.74) is 0. The molecule has 0 aliphatic carbocycles. The minimum Gasteiger partial charge on any atom is -0.356 e. The molecule has 0 aromatic rings. The normalized spacial score (nSPS) is 27.5. The van der Waals surface area contributed by atoms with E-state index in [0.717, 1.165) is 25.5 Å². The van der Waals surface area contributed by atoms with Crippen LogP contribution in [0, 0.1) is 0 Å². The van der Waals surface area contributed by atoms with Crippen molar-refractivity contribution in [3.05, 3.63) is 0 Å². The molecule has 5 nitrogen and oxygen atoms in total. The first-order chi connectivity index (χ1) is 6.34. The van der Waals surface area contributed by atoms with E-state index in [9.17, 15) is 4.79 Å². The smallest absolute Gasteiger partial charge is 0.222 e. The maximum atomic E-state index is 10.9. The van der Waals surface area contributed by atoms with Crippen molar-refractivity contribution in [2.75, 3.05) is 19.6 Å². The van der Waals surface area contributed by atoms with E-state index in [1.165, 1.54) is 0 Å². The van der Waals surface area contributed by atoms with Gasteiger partial charge in [-0.3, -0.25) is 9.79 Å². The summed E-state index contributed by atoms with van der Waals surface area (Å²) in [7, 11) is 0. The fourth-order valence-corrected chi connectivity index (χ4v) is 1.53. The standard InChI is InChI=1S/C8H14N4O/c13-7-4-6(5-11-7)12-8-9-2-1-3-10-8/h6H,1-5H2,(H,11,13)(H2,9,10,12). The maximum Gasteiger partial charge on any atom is 0.222 e. The lowest BCUT2D eigenvalue weighted by Gasteiger charge is -2.18. The van der Waals surface area contributed by atoms with Gasteiger partial charge in [0.1, 0.15) is 0 Å². The Morgan fingerprint density at radius 2 is 2.38 bits per heavy atom. The Morgan fingerprint density at radius 3 is 3.00 bits per heavy atom. The molecular weight excluding hydrogens is 168 g/mol. The summed E-state index contributed by atoms with van der Waals surface area (Å²) in [5, 5.41) is 9.14. The van der Waals surface area contributed by atoms with Crippen LogP contribution in [0.3, 0.4) is 0 Å². The van der Waals surface area contributed by atoms with Gasteiger partial charge in [0.25, 0.3) is 0 Å². The largest absolute Gasteiger partial charge is 0.356 e. The van der Waals surface area contributed by atoms with E-state index >= 15 is 0 Å². The van der Waals surface area contributed by atoms with Crippen LogP contribution in [0.4, 0.5) is 0 Å². The number of aliphatic imine (C=N–C) groups is 1. The van der Waals surface area contributed by atoms with E-state index < -0.39 is 0 Å². The molecule has 2 aliphatic heterocycles. The van der Waals surface area contributed by atoms with E-state index in [-0.39, 0.29) is 11.9 Å². The molecule has 5 heteroatoms. The lowest BCUT2D eigenvalue weighted by Crippen LogP contribution is -2.46. The molecule has 0 aromatic heterocycles. The van der Waals surface area contributed by atoms with Crippen LogP contribution in [0.2, 0.25) is 0 Å². The molecule has 2 rings (SSSR count). The summed E-state index contributed by atoms with van der Waals surface area (Å²) >= 11 is 0. The van der Waals surface area contributed by atoms with Crippen LogP contribution in [0.1, 0.15) is 12.8 Å². The van der Waals surface area contributed by atoms with Gasteiger partial charge in [-0.25, -0.2) is 0 Å². The van der Waals surface area contributed by atoms with Crippen molar-refractivity contribution in [2.24, 2.45) is 4.99 Å². The zero-order valence-electron chi connectivity index (χ0n) is 7.47. The van der Waals surface area contributed by atoms with Gasteiger partial charge in [0.15, 0.2) is 5.96 Å². The molecule has 1 saturated heterocycles. The van der Waals surface area contributed by atoms with Crippen LogP contribution in [-0.4, -0.2) is 37.5 Å². The Morgan fingerprint density at radius 1 is 1.46 bits per heavy atom. The Balaban J connectivity index is 1.83. The molecule has 3 N–H and O–H groups in total. The Hall–Kier alpha value is -1.26. The third-order valence-corrected chi connectivity index (χ3v) is 2.22. The second kappa shape index (κ2) is 3.64. The number of amides is 1. The molecule has 1 fully saturated rings. The van der Waals surface area contributed by atoms with E-state index in [0.29, 0.717) is 13.0 Å². The second-order valence-electron chi connectivity index (χ2n) is 3.36. The molecule has 1 atom stereocenters. The lowest BCUT2D eigenvalue weighted by atomic mass is 10.2. The van der Waals surface area contributed by atoms with Crippen LogP contribution in [0.15, 0.2) is 4.99 Å². The van der Waals surface area contributed by atoms with Gasteiger partial charge in [-0.2, -0.15) is 0 Å². The number of rotatable bonds is 1. The van der Waals surface area contributed by atoms with Crippen molar-refractivity contribution in [3.8, 4) is 0 Å². The van der Waals surface area contributed by atoms with Crippen molar-refractivity contribution in [1.82, 2.24) is 16.0 Å². The summed E-state index contributed by atoms with van der Waals surface area (Å²) in [6, 6.07) is 0.205. The van der Waals surface area contributed by atoms with E-state index in [2.05, 4.69) is 20.9 Å². The first-order valence-electron chi connectivity index (χ1n) is 4.66. The number of hydrogen-bond donors (Lipinski definition) is 3. The Labute approximate surface area is 77.0 Å². The van der Waals surface area contributed by atoms with E-state index in [1.807, 2.05) is 0 Å². The molecule has 1 unspecified atom stereocenters. The molecule has 0 spiro atoms. The van der Waals surface area contributed by atoms with Crippen molar-refractivity contribution in [2.45, 2.75) is 18.9 Å². The Bertz CT molecular complexity index is 238. The fourth-order valence-electron chi connectivity index (χ4n) is 1.53. The molecule has 2 heterocycles. The molecule has 0 saturated carbocycles. The van der Waals surface area contributed by atoms with Crippen LogP contribution < -0.4 is 16.0 Å². The molecule has 72 valence electrons. The molecule has 0 bridgehead atoms. The topological polar surface area (TPSA) is 65.5 Å². The van der Waals surface area contributed by atoms with Gasteiger partial charge in [-0.05, 0) is 6.42 Å². The molecule has 13 heavy (non-hydrogen) atoms. The fraction of sp³-hybridized carbons (Fsp3) is 0.750. The van der Waals surface area contributed by atoms with Crippen LogP contribution >= 0.6 is 0 Å². The third-order valence-electron chi connectivity index (χ3n) is 2.22. The molecule has 0 radical (unpaired) electrons. The lowest BCUT2D eigenvalue weighted by molar-refractivity contribution is -0.119. The number of nitrogens with zero attached hydrogens (tertiary/aromatic N) is 1. The number of guanidine groups is 1. The average molecular weight is 182 g/mol. The third kappa shape index (κ3) is 2.11. The van der Waals surface area contributed by atoms with Crippen LogP contribution in [-0.2, 0) is 4.79 Å². The quantitative estimate of drug-likeness (QED) is 0.478. The first kappa shape index (κ1) is 8.34. The summed E-state index contributed by atoms with van der Waals surface area (Å²) in [6.07, 6.45) is 1.65. The van der Waals surface area contributed by atoms with Crippen molar-refractivity contribution in [1.29, 1.82) is 0 Å². The molecule has 1 amide bonds. The summed E-state index contributed by atoms with van der Waals surface area (Å²) < 4.78 is 0. The van der Waals surface area contributed by atoms with Gasteiger partial charge in [-0.15, -0.1) is 0 Å². The van der Waals surface area contributed by atoms with Gasteiger partial charge in [0.05, 0.1) is 6.04 Å². The van der Waals surface area contributed by atoms with Gasteiger partial charge < -0.3 is 16.0 Å². The summed E-state index contributed by atoms with van der Waals surface area (Å²) in [6.45, 7) is 2.56. The SMILES string of the molecule is O=C1CC(NC2=NCCCN2)CN1. The number of hydrogen-bond acceptors (Lipinski definition) is 4. The number of carbonyl (C=O) groups excluding carboxylic acids is 1. The minimum absolute atomic E-state index is 0.119. The first-order valence-corrected chi connectivity index (χ1v) is 4.66. The maximum absolute atomic E-state index is 10.9. The number of nitrogens with one attached hydrogen (secondary N) is 3. The van der Waals surface area contributed by atoms with Gasteiger partial charge in [0, 0.05) is 26.1 Å². The van der Waals surface area contributed by atoms with Crippen molar-refractivity contribution in [3.63, 3.8) is 0 Å². The highest BCUT2D eigenvalue weighted by molar-refractivity contribution is 5.83. The summed E-state index contributed by atoms with van der Waals surface area (Å²) in [4.78, 5) is 15.2. The predicted molar refractivity (Wildman–Crippen MR) is 49.5 cm³/mol. The highest BCUT2D eigenvalue weighted by atomic mass is 16.1. The van der Waals surface area contributed by atoms with Crippen LogP contribution in [0.25, 0.3) is 0 Å². The average Bonchev–Trinajstić information content (AvgIpc) is 2.53. The molecule has 0 aromatic carbocycles. The number of carbonyl (C=O) groups is 1. The highest BCUT2D eigenvalue weighted by Crippen LogP contribution is 1.99. The minimum atomic E-state index is 0.119. The molecule has 2 aliphatic rings. The van der Waals surface area contributed by atoms with Gasteiger partial charge in [-0.1, -0.05) is 0 Å². The predicted octanol–water partition coefficient (Wildman–Crippen LogP) is -1.19. The van der Waals surface area contributed by atoms with E-state index in [4.69, 9.17) is 0 Å². The van der Waals surface area contributed by atoms with Crippen molar-refractivity contribution >= 4 is 11.9 Å². The summed E-state index contributed by atoms with van der Waals surface area (Å²) in [5.74, 6) is 0.960. The monoisotopic (exact) mass is 182 g/mol. The molecular formula is C8H14N4O. The van der Waals surface area contributed by atoms with Crippen molar-refractivity contribution < 1.29 is 4.79 Å².